The second-order valence-electron chi connectivity index (χ2n) is 7.97. The summed E-state index contributed by atoms with van der Waals surface area (Å²) in [7, 11) is 5.03. The predicted molar refractivity (Wildman–Crippen MR) is 123 cm³/mol. The smallest absolute Gasteiger partial charge is 0.354 e. The third-order valence-electron chi connectivity index (χ3n) is 5.56. The third kappa shape index (κ3) is 4.22. The summed E-state index contributed by atoms with van der Waals surface area (Å²) in [4.78, 5) is 44.5. The SMILES string of the molecule is COC(=O)c1[nH]c(C)c(/C(O)=C2\C(=O)C(=O)N(CCN(C)C)[C@H]2c2cccc(Br)c2)c1C. The largest absolute Gasteiger partial charge is 0.507 e. The van der Waals surface area contributed by atoms with Crippen molar-refractivity contribution in [3.63, 3.8) is 0 Å². The van der Waals surface area contributed by atoms with Crippen LogP contribution in [0.5, 0.6) is 0 Å². The Balaban J connectivity index is 2.23. The zero-order valence-electron chi connectivity index (χ0n) is 18.7. The number of hydrogen-bond donors (Lipinski definition) is 2. The average molecular weight is 504 g/mol. The van der Waals surface area contributed by atoms with Crippen molar-refractivity contribution in [2.24, 2.45) is 0 Å². The lowest BCUT2D eigenvalue weighted by Crippen LogP contribution is -2.35. The van der Waals surface area contributed by atoms with Gasteiger partial charge in [-0.05, 0) is 51.2 Å². The first-order valence-corrected chi connectivity index (χ1v) is 10.8. The number of benzene rings is 1. The van der Waals surface area contributed by atoms with E-state index in [0.29, 0.717) is 35.5 Å². The number of hydrogen-bond acceptors (Lipinski definition) is 6. The number of ether oxygens (including phenoxy) is 1. The van der Waals surface area contributed by atoms with Crippen molar-refractivity contribution in [1.29, 1.82) is 0 Å². The van der Waals surface area contributed by atoms with Crippen LogP contribution in [-0.4, -0.2) is 71.8 Å². The number of esters is 1. The average Bonchev–Trinajstić information content (AvgIpc) is 3.18. The van der Waals surface area contributed by atoms with Crippen LogP contribution in [0.4, 0.5) is 0 Å². The summed E-state index contributed by atoms with van der Waals surface area (Å²) >= 11 is 3.44. The van der Waals surface area contributed by atoms with Gasteiger partial charge in [-0.1, -0.05) is 28.1 Å². The summed E-state index contributed by atoms with van der Waals surface area (Å²) in [5.41, 5.74) is 2.13. The number of aliphatic hydroxyl groups excluding tert-OH is 1. The number of rotatable bonds is 6. The van der Waals surface area contributed by atoms with Crippen molar-refractivity contribution in [2.75, 3.05) is 34.3 Å². The molecule has 32 heavy (non-hydrogen) atoms. The highest BCUT2D eigenvalue weighted by Crippen LogP contribution is 2.41. The maximum atomic E-state index is 13.1. The summed E-state index contributed by atoms with van der Waals surface area (Å²) in [5.74, 6) is -2.33. The van der Waals surface area contributed by atoms with Crippen molar-refractivity contribution in [2.45, 2.75) is 19.9 Å². The molecule has 1 saturated heterocycles. The van der Waals surface area contributed by atoms with Crippen LogP contribution >= 0.6 is 15.9 Å². The number of aromatic nitrogens is 1. The van der Waals surface area contributed by atoms with Crippen molar-refractivity contribution in [3.05, 3.63) is 62.4 Å². The fourth-order valence-corrected chi connectivity index (χ4v) is 4.40. The summed E-state index contributed by atoms with van der Waals surface area (Å²) in [5, 5.41) is 11.3. The van der Waals surface area contributed by atoms with Gasteiger partial charge >= 0.3 is 5.97 Å². The Kier molecular flexibility index (Phi) is 6.90. The number of carbonyl (C=O) groups is 3. The normalized spacial score (nSPS) is 18.0. The molecule has 0 saturated carbocycles. The number of nitrogens with one attached hydrogen (secondary N) is 1. The molecule has 1 aliphatic heterocycles. The van der Waals surface area contributed by atoms with E-state index in [1.54, 1.807) is 13.8 Å². The van der Waals surface area contributed by atoms with Crippen LogP contribution in [0.15, 0.2) is 34.3 Å². The number of ketones is 1. The minimum Gasteiger partial charge on any atom is -0.507 e. The summed E-state index contributed by atoms with van der Waals surface area (Å²) in [6, 6.07) is 6.53. The second kappa shape index (κ2) is 9.30. The van der Waals surface area contributed by atoms with Gasteiger partial charge in [0.1, 0.15) is 11.5 Å². The maximum Gasteiger partial charge on any atom is 0.354 e. The molecule has 1 fully saturated rings. The van der Waals surface area contributed by atoms with Gasteiger partial charge in [0, 0.05) is 28.8 Å². The first-order valence-electron chi connectivity index (χ1n) is 10.0. The predicted octanol–water partition coefficient (Wildman–Crippen LogP) is 3.16. The van der Waals surface area contributed by atoms with E-state index in [1.165, 1.54) is 12.0 Å². The minimum atomic E-state index is -0.761. The van der Waals surface area contributed by atoms with Gasteiger partial charge in [0.05, 0.1) is 18.7 Å². The number of halogens is 1. The molecule has 3 rings (SSSR count). The molecule has 1 aliphatic rings. The minimum absolute atomic E-state index is 0.00604. The molecule has 2 aromatic rings. The Bertz CT molecular complexity index is 1120. The van der Waals surface area contributed by atoms with Gasteiger partial charge < -0.3 is 24.6 Å². The molecule has 0 aliphatic carbocycles. The zero-order valence-corrected chi connectivity index (χ0v) is 20.2. The maximum absolute atomic E-state index is 13.1. The molecule has 9 heteroatoms. The number of nitrogens with zero attached hydrogens (tertiary/aromatic N) is 2. The Morgan fingerprint density at radius 3 is 2.56 bits per heavy atom. The quantitative estimate of drug-likeness (QED) is 0.271. The fourth-order valence-electron chi connectivity index (χ4n) is 3.99. The van der Waals surface area contributed by atoms with E-state index in [-0.39, 0.29) is 17.0 Å². The van der Waals surface area contributed by atoms with Gasteiger partial charge in [0.25, 0.3) is 11.7 Å². The number of Topliss-reactive ketones (excluding diaryl/α,β-unsaturated/α-hetero) is 1. The van der Waals surface area contributed by atoms with Crippen LogP contribution in [0, 0.1) is 13.8 Å². The van der Waals surface area contributed by atoms with Crippen LogP contribution < -0.4 is 0 Å². The molecule has 1 aromatic carbocycles. The van der Waals surface area contributed by atoms with Crippen LogP contribution in [-0.2, 0) is 14.3 Å². The summed E-state index contributed by atoms with van der Waals surface area (Å²) in [6.45, 7) is 4.20. The van der Waals surface area contributed by atoms with Crippen LogP contribution in [0.3, 0.4) is 0 Å². The monoisotopic (exact) mass is 503 g/mol. The van der Waals surface area contributed by atoms with E-state index >= 15 is 0 Å². The van der Waals surface area contributed by atoms with Gasteiger partial charge in [-0.15, -0.1) is 0 Å². The summed E-state index contributed by atoms with van der Waals surface area (Å²) in [6.07, 6.45) is 0. The van der Waals surface area contributed by atoms with Gasteiger partial charge in [-0.25, -0.2) is 4.79 Å². The van der Waals surface area contributed by atoms with Gasteiger partial charge in [0.15, 0.2) is 0 Å². The molecule has 0 radical (unpaired) electrons. The van der Waals surface area contributed by atoms with E-state index in [4.69, 9.17) is 4.74 Å². The Morgan fingerprint density at radius 2 is 1.97 bits per heavy atom. The van der Waals surface area contributed by atoms with E-state index in [9.17, 15) is 19.5 Å². The van der Waals surface area contributed by atoms with Crippen molar-refractivity contribution in [1.82, 2.24) is 14.8 Å². The van der Waals surface area contributed by atoms with Gasteiger partial charge in [0.2, 0.25) is 0 Å². The van der Waals surface area contributed by atoms with Gasteiger partial charge in [-0.3, -0.25) is 9.59 Å². The van der Waals surface area contributed by atoms with E-state index in [1.807, 2.05) is 43.3 Å². The number of aromatic amines is 1. The number of carbonyl (C=O) groups excluding carboxylic acids is 3. The number of aliphatic hydroxyl groups is 1. The number of likely N-dealkylation sites (tertiary alicyclic amines) is 1. The number of likely N-dealkylation sites (N-methyl/N-ethyl adjacent to an activating group) is 1. The fraction of sp³-hybridized carbons (Fsp3) is 0.348. The number of H-pyrrole nitrogens is 1. The summed E-state index contributed by atoms with van der Waals surface area (Å²) < 4.78 is 5.58. The highest BCUT2D eigenvalue weighted by atomic mass is 79.9. The molecule has 1 amide bonds. The second-order valence-corrected chi connectivity index (χ2v) is 8.88. The number of amides is 1. The Labute approximate surface area is 195 Å². The van der Waals surface area contributed by atoms with Gasteiger partial charge in [-0.2, -0.15) is 0 Å². The molecule has 2 heterocycles. The first kappa shape index (κ1) is 23.7. The lowest BCUT2D eigenvalue weighted by molar-refractivity contribution is -0.140. The molecular formula is C23H26BrN3O5. The van der Waals surface area contributed by atoms with Crippen molar-refractivity contribution >= 4 is 39.3 Å². The zero-order chi connectivity index (χ0) is 23.7. The molecule has 8 nitrogen and oxygen atoms in total. The van der Waals surface area contributed by atoms with E-state index < -0.39 is 23.7 Å². The number of methoxy groups -OCH3 is 1. The molecule has 0 unspecified atom stereocenters. The topological polar surface area (TPSA) is 103 Å². The molecule has 1 aromatic heterocycles. The molecule has 0 bridgehead atoms. The molecule has 2 N–H and O–H groups in total. The van der Waals surface area contributed by atoms with Crippen LogP contribution in [0.25, 0.3) is 5.76 Å². The third-order valence-corrected chi connectivity index (χ3v) is 6.05. The van der Waals surface area contributed by atoms with Crippen LogP contribution in [0.2, 0.25) is 0 Å². The molecule has 1 atom stereocenters. The lowest BCUT2D eigenvalue weighted by Gasteiger charge is -2.26. The van der Waals surface area contributed by atoms with Crippen molar-refractivity contribution in [3.8, 4) is 0 Å². The highest BCUT2D eigenvalue weighted by molar-refractivity contribution is 9.10. The van der Waals surface area contributed by atoms with E-state index in [0.717, 1.165) is 4.47 Å². The number of aryl methyl sites for hydroxylation is 1. The standard InChI is InChI=1S/C23H26BrN3O5/c1-12-16(13(2)25-18(12)23(31)32-5)20(28)17-19(14-7-6-8-15(24)11-14)27(10-9-26(3)4)22(30)21(17)29/h6-8,11,19,25,28H,9-10H2,1-5H3/b20-17+/t19-/m0/s1. The Hall–Kier alpha value is -2.91. The lowest BCUT2D eigenvalue weighted by atomic mass is 9.94. The van der Waals surface area contributed by atoms with Crippen LogP contribution in [0.1, 0.15) is 38.9 Å². The van der Waals surface area contributed by atoms with E-state index in [2.05, 4.69) is 20.9 Å². The highest BCUT2D eigenvalue weighted by Gasteiger charge is 2.46. The Morgan fingerprint density at radius 1 is 1.28 bits per heavy atom. The van der Waals surface area contributed by atoms with Crippen molar-refractivity contribution < 1.29 is 24.2 Å². The molecule has 0 spiro atoms. The first-order chi connectivity index (χ1) is 15.1. The molecule has 170 valence electrons. The molecular weight excluding hydrogens is 478 g/mol.